The number of anilines is 3. The number of piperidine rings is 1. The SMILES string of the molecule is O=C1CCCC(=O)N1c1c(F)cc(N2CC(Nc3nnc(-c4ccccc4)o3)C2)cc1F. The number of nitrogens with zero attached hydrogens (tertiary/aromatic N) is 4. The Morgan fingerprint density at radius 1 is 0.969 bits per heavy atom. The Labute approximate surface area is 181 Å². The van der Waals surface area contributed by atoms with Crippen LogP contribution in [0.2, 0.25) is 0 Å². The Hall–Kier alpha value is -3.82. The quantitative estimate of drug-likeness (QED) is 0.610. The summed E-state index contributed by atoms with van der Waals surface area (Å²) in [5.41, 5.74) is 0.534. The molecule has 2 amide bonds. The molecule has 2 fully saturated rings. The monoisotopic (exact) mass is 439 g/mol. The summed E-state index contributed by atoms with van der Waals surface area (Å²) in [4.78, 5) is 26.5. The number of hydrogen-bond acceptors (Lipinski definition) is 7. The summed E-state index contributed by atoms with van der Waals surface area (Å²) in [6, 6.07) is 11.9. The first-order valence-corrected chi connectivity index (χ1v) is 10.2. The number of hydrogen-bond donors (Lipinski definition) is 1. The number of nitrogens with one attached hydrogen (secondary N) is 1. The van der Waals surface area contributed by atoms with Gasteiger partial charge >= 0.3 is 6.01 Å². The first-order chi connectivity index (χ1) is 15.5. The van der Waals surface area contributed by atoms with Crippen LogP contribution in [0.5, 0.6) is 0 Å². The van der Waals surface area contributed by atoms with Gasteiger partial charge < -0.3 is 14.6 Å². The Kier molecular flexibility index (Phi) is 5.04. The molecule has 8 nitrogen and oxygen atoms in total. The average molecular weight is 439 g/mol. The first kappa shape index (κ1) is 20.1. The molecule has 0 aliphatic carbocycles. The van der Waals surface area contributed by atoms with Gasteiger partial charge in [-0.1, -0.05) is 23.3 Å². The van der Waals surface area contributed by atoms with Gasteiger partial charge in [0.1, 0.15) is 5.69 Å². The van der Waals surface area contributed by atoms with Crippen molar-refractivity contribution in [3.05, 3.63) is 54.1 Å². The van der Waals surface area contributed by atoms with Crippen LogP contribution in [-0.4, -0.2) is 41.1 Å². The molecule has 2 aliphatic rings. The lowest BCUT2D eigenvalue weighted by Gasteiger charge is -2.41. The van der Waals surface area contributed by atoms with Crippen LogP contribution in [0.4, 0.5) is 26.2 Å². The molecule has 10 heteroatoms. The van der Waals surface area contributed by atoms with Crippen molar-refractivity contribution >= 4 is 29.2 Å². The molecule has 3 aromatic rings. The molecule has 2 saturated heterocycles. The Morgan fingerprint density at radius 3 is 2.28 bits per heavy atom. The third-order valence-electron chi connectivity index (χ3n) is 5.53. The summed E-state index contributed by atoms with van der Waals surface area (Å²) in [6.45, 7) is 0.922. The van der Waals surface area contributed by atoms with E-state index in [-0.39, 0.29) is 24.9 Å². The highest BCUT2D eigenvalue weighted by molar-refractivity contribution is 6.16. The maximum atomic E-state index is 14.7. The van der Waals surface area contributed by atoms with Gasteiger partial charge in [0.2, 0.25) is 17.7 Å². The zero-order valence-corrected chi connectivity index (χ0v) is 16.9. The zero-order valence-electron chi connectivity index (χ0n) is 16.9. The molecule has 0 radical (unpaired) electrons. The molecule has 0 unspecified atom stereocenters. The van der Waals surface area contributed by atoms with E-state index in [4.69, 9.17) is 4.42 Å². The van der Waals surface area contributed by atoms with Crippen molar-refractivity contribution in [2.45, 2.75) is 25.3 Å². The van der Waals surface area contributed by atoms with Gasteiger partial charge in [0.05, 0.1) is 6.04 Å². The number of imide groups is 1. The van der Waals surface area contributed by atoms with Crippen molar-refractivity contribution in [3.8, 4) is 11.5 Å². The molecule has 164 valence electrons. The van der Waals surface area contributed by atoms with E-state index in [2.05, 4.69) is 15.5 Å². The highest BCUT2D eigenvalue weighted by Gasteiger charge is 2.34. The fraction of sp³-hybridized carbons (Fsp3) is 0.273. The van der Waals surface area contributed by atoms with Gasteiger partial charge in [-0.2, -0.15) is 0 Å². The molecule has 1 aromatic heterocycles. The second-order valence-corrected chi connectivity index (χ2v) is 7.76. The number of amides is 2. The van der Waals surface area contributed by atoms with Crippen molar-refractivity contribution in [1.29, 1.82) is 0 Å². The van der Waals surface area contributed by atoms with Crippen LogP contribution in [-0.2, 0) is 9.59 Å². The lowest BCUT2D eigenvalue weighted by Crippen LogP contribution is -2.55. The van der Waals surface area contributed by atoms with E-state index >= 15 is 0 Å². The first-order valence-electron chi connectivity index (χ1n) is 10.2. The van der Waals surface area contributed by atoms with Gasteiger partial charge in [-0.15, -0.1) is 5.10 Å². The van der Waals surface area contributed by atoms with Crippen molar-refractivity contribution in [3.63, 3.8) is 0 Å². The number of carbonyl (C=O) groups is 2. The van der Waals surface area contributed by atoms with Crippen LogP contribution >= 0.6 is 0 Å². The van der Waals surface area contributed by atoms with Gasteiger partial charge in [-0.05, 0) is 30.7 Å². The minimum absolute atomic E-state index is 0.0462. The van der Waals surface area contributed by atoms with E-state index in [1.54, 1.807) is 4.90 Å². The topological polar surface area (TPSA) is 91.6 Å². The minimum Gasteiger partial charge on any atom is -0.403 e. The third kappa shape index (κ3) is 3.68. The lowest BCUT2D eigenvalue weighted by molar-refractivity contribution is -0.129. The smallest absolute Gasteiger partial charge is 0.316 e. The van der Waals surface area contributed by atoms with Crippen LogP contribution in [0.15, 0.2) is 46.9 Å². The molecule has 5 rings (SSSR count). The van der Waals surface area contributed by atoms with E-state index in [0.29, 0.717) is 36.0 Å². The second-order valence-electron chi connectivity index (χ2n) is 7.76. The maximum absolute atomic E-state index is 14.7. The largest absolute Gasteiger partial charge is 0.403 e. The van der Waals surface area contributed by atoms with Crippen LogP contribution in [0.1, 0.15) is 19.3 Å². The van der Waals surface area contributed by atoms with E-state index in [0.717, 1.165) is 17.7 Å². The van der Waals surface area contributed by atoms with Crippen molar-refractivity contribution in [1.82, 2.24) is 10.2 Å². The molecule has 2 aromatic carbocycles. The average Bonchev–Trinajstić information content (AvgIpc) is 3.21. The van der Waals surface area contributed by atoms with Crippen molar-refractivity contribution in [2.24, 2.45) is 0 Å². The summed E-state index contributed by atoms with van der Waals surface area (Å²) >= 11 is 0. The van der Waals surface area contributed by atoms with E-state index in [1.165, 1.54) is 0 Å². The number of aromatic nitrogens is 2. The lowest BCUT2D eigenvalue weighted by atomic mass is 10.1. The van der Waals surface area contributed by atoms with E-state index < -0.39 is 29.1 Å². The van der Waals surface area contributed by atoms with Gasteiger partial charge in [-0.3, -0.25) is 9.59 Å². The van der Waals surface area contributed by atoms with Crippen LogP contribution in [0, 0.1) is 11.6 Å². The summed E-state index contributed by atoms with van der Waals surface area (Å²) < 4.78 is 35.0. The van der Waals surface area contributed by atoms with Gasteiger partial charge in [-0.25, -0.2) is 13.7 Å². The zero-order chi connectivity index (χ0) is 22.2. The Morgan fingerprint density at radius 2 is 1.62 bits per heavy atom. The van der Waals surface area contributed by atoms with E-state index in [9.17, 15) is 18.4 Å². The predicted octanol–water partition coefficient (Wildman–Crippen LogP) is 3.36. The summed E-state index contributed by atoms with van der Waals surface area (Å²) in [7, 11) is 0. The number of rotatable bonds is 5. The number of benzene rings is 2. The number of carbonyl (C=O) groups excluding carboxylic acids is 2. The third-order valence-corrected chi connectivity index (χ3v) is 5.53. The highest BCUT2D eigenvalue weighted by atomic mass is 19.1. The van der Waals surface area contributed by atoms with Crippen molar-refractivity contribution < 1.29 is 22.8 Å². The number of halogens is 2. The highest BCUT2D eigenvalue weighted by Crippen LogP contribution is 2.33. The normalized spacial score (nSPS) is 16.9. The molecule has 2 aliphatic heterocycles. The molecule has 0 saturated carbocycles. The van der Waals surface area contributed by atoms with Gasteiger partial charge in [0.15, 0.2) is 11.6 Å². The fourth-order valence-electron chi connectivity index (χ4n) is 3.89. The van der Waals surface area contributed by atoms with Crippen LogP contribution in [0.3, 0.4) is 0 Å². The van der Waals surface area contributed by atoms with E-state index in [1.807, 2.05) is 30.3 Å². The van der Waals surface area contributed by atoms with Gasteiger partial charge in [0, 0.05) is 37.2 Å². The summed E-state index contributed by atoms with van der Waals surface area (Å²) in [6.07, 6.45) is 0.575. The molecule has 0 spiro atoms. The van der Waals surface area contributed by atoms with Crippen LogP contribution < -0.4 is 15.1 Å². The molecule has 0 atom stereocenters. The Bertz CT molecular complexity index is 1140. The minimum atomic E-state index is -0.940. The molecular formula is C22H19F2N5O3. The molecule has 3 heterocycles. The maximum Gasteiger partial charge on any atom is 0.316 e. The van der Waals surface area contributed by atoms with Crippen LogP contribution in [0.25, 0.3) is 11.5 Å². The summed E-state index contributed by atoms with van der Waals surface area (Å²) in [5, 5.41) is 11.1. The predicted molar refractivity (Wildman–Crippen MR) is 112 cm³/mol. The van der Waals surface area contributed by atoms with Crippen molar-refractivity contribution in [2.75, 3.05) is 28.2 Å². The van der Waals surface area contributed by atoms with Gasteiger partial charge in [0.25, 0.3) is 0 Å². The Balaban J connectivity index is 1.25. The fourth-order valence-corrected chi connectivity index (χ4v) is 3.89. The summed E-state index contributed by atoms with van der Waals surface area (Å²) in [5.74, 6) is -2.66. The standard InChI is InChI=1S/C22H19F2N5O3/c23-16-9-15(10-17(24)20(16)29-18(30)7-4-8-19(29)31)28-11-14(12-28)25-22-27-26-21(32-22)13-5-2-1-3-6-13/h1-3,5-6,9-10,14H,4,7-8,11-12H2,(H,25,27). The molecule has 0 bridgehead atoms. The second kappa shape index (κ2) is 8.03. The molecule has 1 N–H and O–H groups in total. The molecular weight excluding hydrogens is 420 g/mol. The molecule has 32 heavy (non-hydrogen) atoms.